The molecule has 0 saturated carbocycles. The zero-order valence-electron chi connectivity index (χ0n) is 9.75. The molecule has 0 bridgehead atoms. The number of anilines is 1. The number of hydrogen-bond donors (Lipinski definition) is 2. The Bertz CT molecular complexity index is 372. The Morgan fingerprint density at radius 3 is 2.76 bits per heavy atom. The predicted molar refractivity (Wildman–Crippen MR) is 72.4 cm³/mol. The molecule has 0 aliphatic rings. The molecule has 17 heavy (non-hydrogen) atoms. The van der Waals surface area contributed by atoms with Gasteiger partial charge in [-0.3, -0.25) is 4.79 Å². The van der Waals surface area contributed by atoms with Gasteiger partial charge in [0.25, 0.3) is 0 Å². The first-order chi connectivity index (χ1) is 7.67. The molecule has 4 nitrogen and oxygen atoms in total. The number of hydrogen-bond acceptors (Lipinski definition) is 3. The van der Waals surface area contributed by atoms with Crippen LogP contribution in [0, 0.1) is 0 Å². The molecule has 0 radical (unpaired) electrons. The van der Waals surface area contributed by atoms with Crippen LogP contribution in [-0.4, -0.2) is 26.6 Å². The fourth-order valence-electron chi connectivity index (χ4n) is 1.23. The van der Waals surface area contributed by atoms with Gasteiger partial charge in [-0.2, -0.15) is 0 Å². The van der Waals surface area contributed by atoms with Crippen molar-refractivity contribution in [3.05, 3.63) is 23.2 Å². The van der Waals surface area contributed by atoms with E-state index in [1.54, 1.807) is 32.4 Å². The van der Waals surface area contributed by atoms with E-state index in [4.69, 9.17) is 16.3 Å². The summed E-state index contributed by atoms with van der Waals surface area (Å²) in [6, 6.07) is 5.09. The van der Waals surface area contributed by atoms with Gasteiger partial charge in [-0.05, 0) is 25.2 Å². The van der Waals surface area contributed by atoms with Crippen LogP contribution in [0.1, 0.15) is 6.42 Å². The molecule has 1 amide bonds. The van der Waals surface area contributed by atoms with Crippen LogP contribution in [0.3, 0.4) is 0 Å². The minimum atomic E-state index is -0.0742. The molecule has 0 spiro atoms. The van der Waals surface area contributed by atoms with Crippen molar-refractivity contribution in [2.24, 2.45) is 0 Å². The molecule has 0 atom stereocenters. The van der Waals surface area contributed by atoms with Gasteiger partial charge in [0.15, 0.2) is 0 Å². The lowest BCUT2D eigenvalue weighted by molar-refractivity contribution is -0.116. The largest absolute Gasteiger partial charge is 0.495 e. The van der Waals surface area contributed by atoms with Gasteiger partial charge in [0.1, 0.15) is 5.75 Å². The Kier molecular flexibility index (Phi) is 7.70. The summed E-state index contributed by atoms with van der Waals surface area (Å²) >= 11 is 5.84. The molecule has 0 unspecified atom stereocenters. The lowest BCUT2D eigenvalue weighted by Crippen LogP contribution is -2.19. The van der Waals surface area contributed by atoms with Crippen LogP contribution < -0.4 is 15.4 Å². The van der Waals surface area contributed by atoms with E-state index in [0.29, 0.717) is 29.4 Å². The minimum absolute atomic E-state index is 0. The van der Waals surface area contributed by atoms with Crippen molar-refractivity contribution in [1.29, 1.82) is 0 Å². The summed E-state index contributed by atoms with van der Waals surface area (Å²) in [6.07, 6.45) is 0.409. The summed E-state index contributed by atoms with van der Waals surface area (Å²) in [5.74, 6) is 0.525. The molecule has 0 aliphatic heterocycles. The maximum Gasteiger partial charge on any atom is 0.225 e. The smallest absolute Gasteiger partial charge is 0.225 e. The fraction of sp³-hybridized carbons (Fsp3) is 0.364. The second kappa shape index (κ2) is 8.17. The first kappa shape index (κ1) is 16.0. The highest BCUT2D eigenvalue weighted by Gasteiger charge is 2.07. The van der Waals surface area contributed by atoms with Gasteiger partial charge < -0.3 is 15.4 Å². The molecule has 96 valence electrons. The van der Waals surface area contributed by atoms with E-state index in [1.165, 1.54) is 0 Å². The number of halogens is 2. The topological polar surface area (TPSA) is 50.4 Å². The van der Waals surface area contributed by atoms with Gasteiger partial charge >= 0.3 is 0 Å². The number of amides is 1. The summed E-state index contributed by atoms with van der Waals surface area (Å²) in [5, 5.41) is 6.21. The van der Waals surface area contributed by atoms with Crippen LogP contribution in [0.25, 0.3) is 0 Å². The third kappa shape index (κ3) is 5.26. The number of nitrogens with one attached hydrogen (secondary N) is 2. The first-order valence-corrected chi connectivity index (χ1v) is 5.33. The molecule has 0 aromatic heterocycles. The Balaban J connectivity index is 0.00000256. The molecule has 1 aromatic carbocycles. The molecule has 1 aromatic rings. The number of ether oxygens (including phenoxy) is 1. The zero-order valence-corrected chi connectivity index (χ0v) is 11.3. The molecule has 0 heterocycles. The molecule has 2 N–H and O–H groups in total. The van der Waals surface area contributed by atoms with Crippen molar-refractivity contribution in [2.45, 2.75) is 6.42 Å². The number of carbonyl (C=O) groups excluding carboxylic acids is 1. The van der Waals surface area contributed by atoms with Gasteiger partial charge in [0.05, 0.1) is 12.8 Å². The quantitative estimate of drug-likeness (QED) is 0.869. The van der Waals surface area contributed by atoms with Crippen LogP contribution in [0.2, 0.25) is 5.02 Å². The van der Waals surface area contributed by atoms with E-state index in [0.717, 1.165) is 0 Å². The van der Waals surface area contributed by atoms with Crippen molar-refractivity contribution < 1.29 is 9.53 Å². The van der Waals surface area contributed by atoms with E-state index in [-0.39, 0.29) is 18.3 Å². The van der Waals surface area contributed by atoms with Crippen LogP contribution in [0.4, 0.5) is 5.69 Å². The monoisotopic (exact) mass is 278 g/mol. The molecule has 6 heteroatoms. The SMILES string of the molecule is CNCCC(=O)Nc1cc(Cl)ccc1OC.Cl. The van der Waals surface area contributed by atoms with Crippen molar-refractivity contribution in [1.82, 2.24) is 5.32 Å². The molecule has 0 aliphatic carbocycles. The molecule has 1 rings (SSSR count). The normalized spacial score (nSPS) is 9.35. The number of carbonyl (C=O) groups is 1. The van der Waals surface area contributed by atoms with Gasteiger partial charge in [-0.1, -0.05) is 11.6 Å². The highest BCUT2D eigenvalue weighted by molar-refractivity contribution is 6.31. The van der Waals surface area contributed by atoms with E-state index < -0.39 is 0 Å². The highest BCUT2D eigenvalue weighted by Crippen LogP contribution is 2.27. The van der Waals surface area contributed by atoms with Crippen LogP contribution >= 0.6 is 24.0 Å². The summed E-state index contributed by atoms with van der Waals surface area (Å²) in [5.41, 5.74) is 0.594. The Morgan fingerprint density at radius 2 is 2.18 bits per heavy atom. The molecular weight excluding hydrogens is 263 g/mol. The fourth-order valence-corrected chi connectivity index (χ4v) is 1.40. The maximum absolute atomic E-state index is 11.5. The lowest BCUT2D eigenvalue weighted by Gasteiger charge is -2.10. The van der Waals surface area contributed by atoms with Crippen LogP contribution in [-0.2, 0) is 4.79 Å². The molecular formula is C11H16Cl2N2O2. The third-order valence-electron chi connectivity index (χ3n) is 2.04. The summed E-state index contributed by atoms with van der Waals surface area (Å²) in [6.45, 7) is 0.634. The van der Waals surface area contributed by atoms with Crippen molar-refractivity contribution >= 4 is 35.6 Å². The van der Waals surface area contributed by atoms with Gasteiger partial charge in [-0.15, -0.1) is 12.4 Å². The van der Waals surface area contributed by atoms with E-state index in [9.17, 15) is 4.79 Å². The van der Waals surface area contributed by atoms with E-state index in [1.807, 2.05) is 0 Å². The number of benzene rings is 1. The van der Waals surface area contributed by atoms with Gasteiger partial charge in [0, 0.05) is 18.0 Å². The summed E-state index contributed by atoms with van der Waals surface area (Å²) < 4.78 is 5.12. The van der Waals surface area contributed by atoms with Crippen molar-refractivity contribution in [2.75, 3.05) is 26.0 Å². The van der Waals surface area contributed by atoms with Gasteiger partial charge in [0.2, 0.25) is 5.91 Å². The highest BCUT2D eigenvalue weighted by atomic mass is 35.5. The average molecular weight is 279 g/mol. The van der Waals surface area contributed by atoms with Gasteiger partial charge in [-0.25, -0.2) is 0 Å². The molecule has 0 fully saturated rings. The number of rotatable bonds is 5. The Morgan fingerprint density at radius 1 is 1.47 bits per heavy atom. The van der Waals surface area contributed by atoms with E-state index >= 15 is 0 Å². The summed E-state index contributed by atoms with van der Waals surface area (Å²) in [4.78, 5) is 11.5. The Hall–Kier alpha value is -0.970. The Labute approximate surface area is 112 Å². The lowest BCUT2D eigenvalue weighted by atomic mass is 10.2. The van der Waals surface area contributed by atoms with Crippen LogP contribution in [0.5, 0.6) is 5.75 Å². The van der Waals surface area contributed by atoms with E-state index in [2.05, 4.69) is 10.6 Å². The second-order valence-electron chi connectivity index (χ2n) is 3.25. The second-order valence-corrected chi connectivity index (χ2v) is 3.68. The predicted octanol–water partition coefficient (Wildman–Crippen LogP) is 2.32. The standard InChI is InChI=1S/C11H15ClN2O2.ClH/c1-13-6-5-11(15)14-9-7-8(12)3-4-10(9)16-2;/h3-4,7,13H,5-6H2,1-2H3,(H,14,15);1H. The third-order valence-corrected chi connectivity index (χ3v) is 2.27. The summed E-state index contributed by atoms with van der Waals surface area (Å²) in [7, 11) is 3.35. The van der Waals surface area contributed by atoms with Crippen molar-refractivity contribution in [3.63, 3.8) is 0 Å². The average Bonchev–Trinajstić information content (AvgIpc) is 2.27. The van der Waals surface area contributed by atoms with Crippen molar-refractivity contribution in [3.8, 4) is 5.75 Å². The maximum atomic E-state index is 11.5. The molecule has 0 saturated heterocycles. The minimum Gasteiger partial charge on any atom is -0.495 e. The first-order valence-electron chi connectivity index (χ1n) is 4.95. The number of methoxy groups -OCH3 is 1. The van der Waals surface area contributed by atoms with Crippen LogP contribution in [0.15, 0.2) is 18.2 Å². The zero-order chi connectivity index (χ0) is 12.0.